The highest BCUT2D eigenvalue weighted by atomic mass is 32.1. The number of aryl methyl sites for hydroxylation is 2. The molecule has 2 heterocycles. The molecule has 0 saturated carbocycles. The summed E-state index contributed by atoms with van der Waals surface area (Å²) in [4.78, 5) is 32.7. The molecule has 162 valence electrons. The van der Waals surface area contributed by atoms with Crippen LogP contribution in [0.1, 0.15) is 32.2 Å². The summed E-state index contributed by atoms with van der Waals surface area (Å²) < 4.78 is 5.12. The van der Waals surface area contributed by atoms with Crippen LogP contribution in [0.4, 0.5) is 9.93 Å². The first-order chi connectivity index (χ1) is 14.6. The molecule has 0 radical (unpaired) electrons. The van der Waals surface area contributed by atoms with E-state index in [0.29, 0.717) is 5.13 Å². The Morgan fingerprint density at radius 1 is 1.00 bits per heavy atom. The number of carbonyl (C=O) groups excluding carboxylic acids is 2. The summed E-state index contributed by atoms with van der Waals surface area (Å²) in [6, 6.07) is 12.2. The molecule has 0 atom stereocenters. The number of nitrogens with one attached hydrogen (secondary N) is 2. The second-order valence-electron chi connectivity index (χ2n) is 8.16. The fourth-order valence-corrected chi connectivity index (χ4v) is 3.69. The minimum absolute atomic E-state index is 0.194. The van der Waals surface area contributed by atoms with Gasteiger partial charge >= 0.3 is 6.09 Å². The molecule has 0 aliphatic carbocycles. The molecule has 0 aliphatic heterocycles. The zero-order valence-corrected chi connectivity index (χ0v) is 19.1. The average Bonchev–Trinajstić information content (AvgIpc) is 3.13. The lowest BCUT2D eigenvalue weighted by Gasteiger charge is -2.19. The van der Waals surface area contributed by atoms with Crippen molar-refractivity contribution in [1.29, 1.82) is 0 Å². The minimum Gasteiger partial charge on any atom is -0.444 e. The largest absolute Gasteiger partial charge is 0.444 e. The van der Waals surface area contributed by atoms with E-state index in [4.69, 9.17) is 4.74 Å². The van der Waals surface area contributed by atoms with Crippen molar-refractivity contribution in [2.45, 2.75) is 40.2 Å². The molecular weight excluding hydrogens is 412 g/mol. The molecule has 0 saturated heterocycles. The molecule has 0 unspecified atom stereocenters. The quantitative estimate of drug-likeness (QED) is 0.588. The first-order valence-electron chi connectivity index (χ1n) is 9.87. The predicted octanol–water partition coefficient (Wildman–Crippen LogP) is 4.95. The Labute approximate surface area is 185 Å². The van der Waals surface area contributed by atoms with Crippen molar-refractivity contribution >= 4 is 28.5 Å². The van der Waals surface area contributed by atoms with E-state index >= 15 is 0 Å². The van der Waals surface area contributed by atoms with Gasteiger partial charge in [-0.05, 0) is 63.9 Å². The number of anilines is 1. The maximum atomic E-state index is 12.1. The summed E-state index contributed by atoms with van der Waals surface area (Å²) >= 11 is 1.33. The Morgan fingerprint density at radius 2 is 1.68 bits per heavy atom. The van der Waals surface area contributed by atoms with Crippen molar-refractivity contribution < 1.29 is 14.3 Å². The summed E-state index contributed by atoms with van der Waals surface area (Å²) in [7, 11) is 0. The number of nitrogens with zero attached hydrogens (tertiary/aromatic N) is 2. The zero-order chi connectivity index (χ0) is 22.6. The van der Waals surface area contributed by atoms with Gasteiger partial charge in [-0.25, -0.2) is 9.78 Å². The lowest BCUT2D eigenvalue weighted by atomic mass is 10.0. The van der Waals surface area contributed by atoms with Gasteiger partial charge in [0.1, 0.15) is 12.1 Å². The van der Waals surface area contributed by atoms with Gasteiger partial charge in [0, 0.05) is 22.3 Å². The molecule has 2 N–H and O–H groups in total. The summed E-state index contributed by atoms with van der Waals surface area (Å²) in [5.41, 5.74) is 5.22. The first kappa shape index (κ1) is 22.4. The van der Waals surface area contributed by atoms with Gasteiger partial charge in [-0.15, -0.1) is 11.3 Å². The lowest BCUT2D eigenvalue weighted by Crippen LogP contribution is -2.37. The van der Waals surface area contributed by atoms with E-state index in [1.165, 1.54) is 11.3 Å². The Balaban J connectivity index is 1.66. The van der Waals surface area contributed by atoms with Crippen LogP contribution in [-0.4, -0.2) is 34.1 Å². The van der Waals surface area contributed by atoms with E-state index in [1.807, 2.05) is 31.4 Å². The molecule has 2 aromatic heterocycles. The van der Waals surface area contributed by atoms with Gasteiger partial charge in [-0.2, -0.15) is 0 Å². The van der Waals surface area contributed by atoms with Gasteiger partial charge in [-0.1, -0.05) is 18.2 Å². The molecular formula is C23H26N4O3S. The van der Waals surface area contributed by atoms with Gasteiger partial charge in [0.25, 0.3) is 0 Å². The monoisotopic (exact) mass is 438 g/mol. The number of carbonyl (C=O) groups is 2. The van der Waals surface area contributed by atoms with Crippen LogP contribution in [0, 0.1) is 13.8 Å². The van der Waals surface area contributed by atoms with Crippen molar-refractivity contribution in [3.8, 4) is 22.4 Å². The number of aromatic nitrogens is 2. The molecule has 7 nitrogen and oxygen atoms in total. The standard InChI is InChI=1S/C23H26N4O3S/c1-14-9-18(10-15(2)25-14)16-7-6-8-17(11-16)19-13-31-21(26-19)27-20(28)12-24-22(29)30-23(3,4)5/h6-11,13H,12H2,1-5H3,(H,24,29)(H,26,27,28). The molecule has 0 aliphatic rings. The summed E-state index contributed by atoms with van der Waals surface area (Å²) in [5, 5.41) is 7.49. The van der Waals surface area contributed by atoms with Crippen molar-refractivity contribution in [2.75, 3.05) is 11.9 Å². The fraction of sp³-hybridized carbons (Fsp3) is 0.304. The Morgan fingerprint density at radius 3 is 2.35 bits per heavy atom. The van der Waals surface area contributed by atoms with Crippen LogP contribution in [0.2, 0.25) is 0 Å². The average molecular weight is 439 g/mol. The summed E-state index contributed by atoms with van der Waals surface area (Å²) in [6.07, 6.45) is -0.638. The normalized spacial score (nSPS) is 11.1. The van der Waals surface area contributed by atoms with Crippen LogP contribution in [0.5, 0.6) is 0 Å². The first-order valence-corrected chi connectivity index (χ1v) is 10.8. The molecule has 0 spiro atoms. The van der Waals surface area contributed by atoms with Crippen LogP contribution in [0.3, 0.4) is 0 Å². The zero-order valence-electron chi connectivity index (χ0n) is 18.3. The smallest absolute Gasteiger partial charge is 0.408 e. The van der Waals surface area contributed by atoms with Crippen LogP contribution in [-0.2, 0) is 9.53 Å². The lowest BCUT2D eigenvalue weighted by molar-refractivity contribution is -0.115. The third kappa shape index (κ3) is 6.62. The SMILES string of the molecule is Cc1cc(-c2cccc(-c3csc(NC(=O)CNC(=O)OC(C)(C)C)n3)c2)cc(C)n1. The maximum Gasteiger partial charge on any atom is 0.408 e. The number of ether oxygens (including phenoxy) is 1. The van der Waals surface area contributed by atoms with Crippen LogP contribution >= 0.6 is 11.3 Å². The van der Waals surface area contributed by atoms with Crippen molar-refractivity contribution in [3.63, 3.8) is 0 Å². The fourth-order valence-electron chi connectivity index (χ4n) is 2.95. The van der Waals surface area contributed by atoms with Crippen LogP contribution < -0.4 is 10.6 Å². The number of amides is 2. The van der Waals surface area contributed by atoms with E-state index in [9.17, 15) is 9.59 Å². The third-order valence-corrected chi connectivity index (χ3v) is 4.87. The molecule has 0 bridgehead atoms. The highest BCUT2D eigenvalue weighted by Gasteiger charge is 2.17. The number of alkyl carbamates (subject to hydrolysis) is 1. The number of pyridine rings is 1. The van der Waals surface area contributed by atoms with Crippen LogP contribution in [0.25, 0.3) is 22.4 Å². The van der Waals surface area contributed by atoms with Gasteiger partial charge in [0.05, 0.1) is 5.69 Å². The molecule has 8 heteroatoms. The number of rotatable bonds is 5. The van der Waals surface area contributed by atoms with Crippen molar-refractivity contribution in [2.24, 2.45) is 0 Å². The number of hydrogen-bond donors (Lipinski definition) is 2. The number of hydrogen-bond acceptors (Lipinski definition) is 6. The topological polar surface area (TPSA) is 93.2 Å². The van der Waals surface area contributed by atoms with E-state index in [1.54, 1.807) is 20.8 Å². The van der Waals surface area contributed by atoms with Gasteiger partial charge in [-0.3, -0.25) is 9.78 Å². The molecule has 1 aromatic carbocycles. The Hall–Kier alpha value is -3.26. The highest BCUT2D eigenvalue weighted by molar-refractivity contribution is 7.14. The number of thiazole rings is 1. The van der Waals surface area contributed by atoms with E-state index in [0.717, 1.165) is 33.8 Å². The Kier molecular flexibility index (Phi) is 6.70. The predicted molar refractivity (Wildman–Crippen MR) is 123 cm³/mol. The summed E-state index contributed by atoms with van der Waals surface area (Å²) in [6.45, 7) is 9.04. The van der Waals surface area contributed by atoms with Crippen molar-refractivity contribution in [1.82, 2.24) is 15.3 Å². The second kappa shape index (κ2) is 9.26. The number of benzene rings is 1. The third-order valence-electron chi connectivity index (χ3n) is 4.12. The molecule has 3 rings (SSSR count). The summed E-state index contributed by atoms with van der Waals surface area (Å²) in [5.74, 6) is -0.372. The van der Waals surface area contributed by atoms with E-state index < -0.39 is 11.7 Å². The van der Waals surface area contributed by atoms with Gasteiger partial charge in [0.2, 0.25) is 5.91 Å². The maximum absolute atomic E-state index is 12.1. The van der Waals surface area contributed by atoms with Crippen molar-refractivity contribution in [3.05, 3.63) is 53.2 Å². The van der Waals surface area contributed by atoms with Crippen LogP contribution in [0.15, 0.2) is 41.8 Å². The molecule has 31 heavy (non-hydrogen) atoms. The molecule has 0 fully saturated rings. The molecule has 3 aromatic rings. The second-order valence-corrected chi connectivity index (χ2v) is 9.02. The van der Waals surface area contributed by atoms with E-state index in [-0.39, 0.29) is 12.5 Å². The van der Waals surface area contributed by atoms with Gasteiger partial charge < -0.3 is 15.4 Å². The minimum atomic E-state index is -0.638. The van der Waals surface area contributed by atoms with E-state index in [2.05, 4.69) is 44.9 Å². The Bertz CT molecular complexity index is 1080. The highest BCUT2D eigenvalue weighted by Crippen LogP contribution is 2.29. The molecule has 2 amide bonds. The van der Waals surface area contributed by atoms with Gasteiger partial charge in [0.15, 0.2) is 5.13 Å².